The number of aromatic nitrogens is 2. The van der Waals surface area contributed by atoms with E-state index in [9.17, 15) is 9.18 Å². The van der Waals surface area contributed by atoms with Crippen LogP contribution < -0.4 is 11.1 Å². The van der Waals surface area contributed by atoms with Crippen LogP contribution in [0.1, 0.15) is 37.6 Å². The Balaban J connectivity index is 1.71. The van der Waals surface area contributed by atoms with E-state index in [-0.39, 0.29) is 23.7 Å². The standard InChI is InChI=1S/C18H21FN6O/c1-10(14-6-7-21-24-14)22-11-4-5-13(19)12(8-11)18-9-17(18,2)15(26)25(3)16(20)23-18/h4-8,10,22H,9H2,1-3H3,(H2,20,23)(H,21,24)/t10?,17?,18-/m1/s1. The van der Waals surface area contributed by atoms with Gasteiger partial charge in [0.2, 0.25) is 5.91 Å². The summed E-state index contributed by atoms with van der Waals surface area (Å²) < 4.78 is 14.7. The highest BCUT2D eigenvalue weighted by molar-refractivity contribution is 6.04. The average molecular weight is 356 g/mol. The molecule has 1 fully saturated rings. The summed E-state index contributed by atoms with van der Waals surface area (Å²) in [6.45, 7) is 3.79. The fourth-order valence-electron chi connectivity index (χ4n) is 3.85. The number of carbonyl (C=O) groups is 1. The Hall–Kier alpha value is -2.90. The van der Waals surface area contributed by atoms with Crippen molar-refractivity contribution in [2.75, 3.05) is 12.4 Å². The lowest BCUT2D eigenvalue weighted by molar-refractivity contribution is -0.132. The number of hydrogen-bond donors (Lipinski definition) is 3. The first-order valence-corrected chi connectivity index (χ1v) is 8.48. The van der Waals surface area contributed by atoms with Gasteiger partial charge in [0.1, 0.15) is 11.4 Å². The minimum absolute atomic E-state index is 0.0356. The van der Waals surface area contributed by atoms with Crippen LogP contribution in [-0.4, -0.2) is 34.0 Å². The largest absolute Gasteiger partial charge is 0.377 e. The summed E-state index contributed by atoms with van der Waals surface area (Å²) in [5.41, 5.74) is 6.27. The molecule has 0 spiro atoms. The summed E-state index contributed by atoms with van der Waals surface area (Å²) in [5, 5.41) is 10.2. The molecule has 26 heavy (non-hydrogen) atoms. The monoisotopic (exact) mass is 356 g/mol. The molecule has 2 unspecified atom stereocenters. The normalized spacial score (nSPS) is 28.4. The number of aliphatic imine (C=N–C) groups is 1. The lowest BCUT2D eigenvalue weighted by atomic mass is 9.92. The molecule has 1 amide bonds. The molecule has 0 bridgehead atoms. The van der Waals surface area contributed by atoms with Gasteiger partial charge in [-0.25, -0.2) is 9.38 Å². The van der Waals surface area contributed by atoms with E-state index in [1.165, 1.54) is 11.0 Å². The number of aromatic amines is 1. The zero-order valence-electron chi connectivity index (χ0n) is 14.9. The topological polar surface area (TPSA) is 99.4 Å². The number of nitrogens with zero attached hydrogens (tertiary/aromatic N) is 3. The first-order chi connectivity index (χ1) is 12.3. The third-order valence-corrected chi connectivity index (χ3v) is 5.61. The molecule has 1 aliphatic heterocycles. The molecule has 2 aliphatic rings. The predicted molar refractivity (Wildman–Crippen MR) is 95.8 cm³/mol. The van der Waals surface area contributed by atoms with E-state index in [1.54, 1.807) is 25.4 Å². The van der Waals surface area contributed by atoms with Crippen LogP contribution in [0.4, 0.5) is 10.1 Å². The van der Waals surface area contributed by atoms with Crippen molar-refractivity contribution < 1.29 is 9.18 Å². The van der Waals surface area contributed by atoms with Crippen molar-refractivity contribution in [3.63, 3.8) is 0 Å². The first-order valence-electron chi connectivity index (χ1n) is 8.48. The summed E-state index contributed by atoms with van der Waals surface area (Å²) in [6, 6.07) is 6.64. The SMILES string of the molecule is CC(Nc1ccc(F)c([C@]23CC2(C)C(=O)N(C)C(N)=N3)c1)c1ccn[nH]1. The first kappa shape index (κ1) is 16.6. The van der Waals surface area contributed by atoms with E-state index in [1.807, 2.05) is 19.9 Å². The third kappa shape index (κ3) is 2.14. The number of benzene rings is 1. The maximum Gasteiger partial charge on any atom is 0.237 e. The Morgan fingerprint density at radius 2 is 2.19 bits per heavy atom. The number of rotatable bonds is 4. The fourth-order valence-corrected chi connectivity index (χ4v) is 3.85. The van der Waals surface area contributed by atoms with Crippen LogP contribution in [-0.2, 0) is 10.3 Å². The second kappa shape index (κ2) is 5.30. The van der Waals surface area contributed by atoms with Crippen LogP contribution in [0, 0.1) is 11.2 Å². The average Bonchev–Trinajstić information content (AvgIpc) is 3.00. The highest BCUT2D eigenvalue weighted by Crippen LogP contribution is 2.68. The number of nitrogens with two attached hydrogens (primary N) is 1. The molecule has 1 saturated carbocycles. The zero-order chi connectivity index (χ0) is 18.7. The van der Waals surface area contributed by atoms with Gasteiger partial charge in [0.05, 0.1) is 17.2 Å². The van der Waals surface area contributed by atoms with Gasteiger partial charge in [0, 0.05) is 24.5 Å². The molecule has 0 radical (unpaired) electrons. The lowest BCUT2D eigenvalue weighted by Crippen LogP contribution is -2.48. The molecule has 2 aromatic rings. The molecule has 7 nitrogen and oxygen atoms in total. The number of fused-ring (bicyclic) bond motifs is 1. The van der Waals surface area contributed by atoms with Crippen LogP contribution in [0.2, 0.25) is 0 Å². The Morgan fingerprint density at radius 3 is 2.88 bits per heavy atom. The summed E-state index contributed by atoms with van der Waals surface area (Å²) >= 11 is 0. The molecule has 1 aliphatic carbocycles. The van der Waals surface area contributed by atoms with Gasteiger partial charge in [0.15, 0.2) is 5.96 Å². The number of H-pyrrole nitrogens is 1. The third-order valence-electron chi connectivity index (χ3n) is 5.61. The highest BCUT2D eigenvalue weighted by Gasteiger charge is 2.74. The molecule has 3 atom stereocenters. The number of anilines is 1. The summed E-state index contributed by atoms with van der Waals surface area (Å²) in [5.74, 6) is -0.399. The van der Waals surface area contributed by atoms with Gasteiger partial charge in [-0.05, 0) is 44.5 Å². The van der Waals surface area contributed by atoms with Gasteiger partial charge < -0.3 is 11.1 Å². The highest BCUT2D eigenvalue weighted by atomic mass is 19.1. The van der Waals surface area contributed by atoms with Crippen molar-refractivity contribution in [2.45, 2.75) is 31.8 Å². The second-order valence-corrected chi connectivity index (χ2v) is 7.28. The van der Waals surface area contributed by atoms with Crippen molar-refractivity contribution in [3.05, 3.63) is 47.5 Å². The number of hydrogen-bond acceptors (Lipinski definition) is 5. The van der Waals surface area contributed by atoms with E-state index in [4.69, 9.17) is 5.73 Å². The Labute approximate surface area is 150 Å². The number of guanidine groups is 1. The smallest absolute Gasteiger partial charge is 0.237 e. The molecular formula is C18H21FN6O. The van der Waals surface area contributed by atoms with Crippen LogP contribution in [0.5, 0.6) is 0 Å². The van der Waals surface area contributed by atoms with Gasteiger partial charge in [-0.1, -0.05) is 0 Å². The van der Waals surface area contributed by atoms with E-state index in [0.29, 0.717) is 12.0 Å². The molecule has 4 rings (SSSR count). The van der Waals surface area contributed by atoms with E-state index in [2.05, 4.69) is 20.5 Å². The Kier molecular flexibility index (Phi) is 3.37. The van der Waals surface area contributed by atoms with Crippen molar-refractivity contribution in [1.82, 2.24) is 15.1 Å². The second-order valence-electron chi connectivity index (χ2n) is 7.28. The van der Waals surface area contributed by atoms with Crippen LogP contribution >= 0.6 is 0 Å². The van der Waals surface area contributed by atoms with Crippen LogP contribution in [0.25, 0.3) is 0 Å². The van der Waals surface area contributed by atoms with Gasteiger partial charge in [-0.2, -0.15) is 5.10 Å². The van der Waals surface area contributed by atoms with Crippen LogP contribution in [0.3, 0.4) is 0 Å². The quantitative estimate of drug-likeness (QED) is 0.781. The van der Waals surface area contributed by atoms with Gasteiger partial charge in [-0.3, -0.25) is 14.8 Å². The minimum atomic E-state index is -0.931. The molecule has 8 heteroatoms. The molecular weight excluding hydrogens is 335 g/mol. The minimum Gasteiger partial charge on any atom is -0.377 e. The number of amides is 1. The summed E-state index contributed by atoms with van der Waals surface area (Å²) in [4.78, 5) is 18.5. The van der Waals surface area contributed by atoms with Gasteiger partial charge >= 0.3 is 0 Å². The molecule has 136 valence electrons. The number of carbonyl (C=O) groups excluding carboxylic acids is 1. The van der Waals surface area contributed by atoms with Crippen molar-refractivity contribution in [3.8, 4) is 0 Å². The zero-order valence-corrected chi connectivity index (χ0v) is 14.9. The molecule has 1 aromatic carbocycles. The Bertz CT molecular complexity index is 910. The van der Waals surface area contributed by atoms with Crippen molar-refractivity contribution in [2.24, 2.45) is 16.1 Å². The van der Waals surface area contributed by atoms with Crippen LogP contribution in [0.15, 0.2) is 35.5 Å². The van der Waals surface area contributed by atoms with Crippen molar-refractivity contribution in [1.29, 1.82) is 0 Å². The predicted octanol–water partition coefficient (Wildman–Crippen LogP) is 2.11. The molecule has 4 N–H and O–H groups in total. The lowest BCUT2D eigenvalue weighted by Gasteiger charge is -2.30. The van der Waals surface area contributed by atoms with E-state index < -0.39 is 11.0 Å². The van der Waals surface area contributed by atoms with Gasteiger partial charge in [0.25, 0.3) is 0 Å². The maximum atomic E-state index is 14.7. The Morgan fingerprint density at radius 1 is 1.42 bits per heavy atom. The summed E-state index contributed by atoms with van der Waals surface area (Å²) in [7, 11) is 1.59. The fraction of sp³-hybridized carbons (Fsp3) is 0.389. The van der Waals surface area contributed by atoms with Crippen molar-refractivity contribution >= 4 is 17.6 Å². The molecule has 2 heterocycles. The number of nitrogens with one attached hydrogen (secondary N) is 2. The molecule has 0 saturated heterocycles. The maximum absolute atomic E-state index is 14.7. The number of halogens is 1. The summed E-state index contributed by atoms with van der Waals surface area (Å²) in [6.07, 6.45) is 2.13. The molecule has 1 aromatic heterocycles. The van der Waals surface area contributed by atoms with E-state index in [0.717, 1.165) is 11.4 Å². The van der Waals surface area contributed by atoms with Gasteiger partial charge in [-0.15, -0.1) is 0 Å². The van der Waals surface area contributed by atoms with E-state index >= 15 is 0 Å².